The molecule has 1 aliphatic rings. The minimum absolute atomic E-state index is 0.0479. The number of nitrogens with one attached hydrogen (secondary N) is 1. The number of benzene rings is 2. The first-order valence-corrected chi connectivity index (χ1v) is 10.7. The number of nitrogens with zero attached hydrogens (tertiary/aromatic N) is 2. The molecular weight excluding hydrogens is 431 g/mol. The highest BCUT2D eigenvalue weighted by Crippen LogP contribution is 2.35. The second-order valence-corrected chi connectivity index (χ2v) is 8.98. The molecule has 30 heavy (non-hydrogen) atoms. The second kappa shape index (κ2) is 7.32. The Morgan fingerprint density at radius 2 is 2.03 bits per heavy atom. The van der Waals surface area contributed by atoms with Gasteiger partial charge in [0.2, 0.25) is 15.9 Å². The van der Waals surface area contributed by atoms with Crippen molar-refractivity contribution in [3.63, 3.8) is 0 Å². The van der Waals surface area contributed by atoms with Gasteiger partial charge in [-0.3, -0.25) is 9.78 Å². The lowest BCUT2D eigenvalue weighted by Gasteiger charge is -2.12. The van der Waals surface area contributed by atoms with Crippen LogP contribution in [-0.2, 0) is 10.0 Å². The molecule has 3 N–H and O–H groups in total. The summed E-state index contributed by atoms with van der Waals surface area (Å²) in [6.45, 7) is 0. The quantitative estimate of drug-likeness (QED) is 0.625. The van der Waals surface area contributed by atoms with Crippen molar-refractivity contribution in [2.24, 2.45) is 5.73 Å². The van der Waals surface area contributed by atoms with Gasteiger partial charge in [-0.2, -0.15) is 5.26 Å². The number of carbonyl (C=O) groups is 1. The molecule has 1 aliphatic carbocycles. The van der Waals surface area contributed by atoms with Crippen LogP contribution in [-0.4, -0.2) is 25.4 Å². The van der Waals surface area contributed by atoms with Gasteiger partial charge in [0.1, 0.15) is 10.7 Å². The summed E-state index contributed by atoms with van der Waals surface area (Å²) in [6.07, 6.45) is 2.55. The zero-order valence-corrected chi connectivity index (χ0v) is 16.9. The van der Waals surface area contributed by atoms with Crippen molar-refractivity contribution in [1.29, 1.82) is 5.26 Å². The minimum Gasteiger partial charge on any atom is -0.366 e. The predicted octanol–water partition coefficient (Wildman–Crippen LogP) is 3.11. The van der Waals surface area contributed by atoms with Gasteiger partial charge in [0.05, 0.1) is 27.6 Å². The van der Waals surface area contributed by atoms with Gasteiger partial charge in [-0.15, -0.1) is 0 Å². The van der Waals surface area contributed by atoms with Gasteiger partial charge in [-0.05, 0) is 48.2 Å². The summed E-state index contributed by atoms with van der Waals surface area (Å²) in [5.74, 6) is -1.58. The zero-order valence-electron chi connectivity index (χ0n) is 15.3. The van der Waals surface area contributed by atoms with Crippen LogP contribution in [0.5, 0.6) is 0 Å². The van der Waals surface area contributed by atoms with Gasteiger partial charge in [-0.1, -0.05) is 17.7 Å². The van der Waals surface area contributed by atoms with Crippen LogP contribution in [0, 0.1) is 17.1 Å². The van der Waals surface area contributed by atoms with E-state index in [-0.39, 0.29) is 43.6 Å². The van der Waals surface area contributed by atoms with E-state index in [1.54, 1.807) is 0 Å². The molecule has 0 atom stereocenters. The standard InChI is InChI=1S/C20H14ClFN4O3S/c21-19-17(30(28,29)26-12-2-3-12)9-25-16-7-11(6-15(22)18(16)19)13-4-1-10(8-23)5-14(13)20(24)27/h1,4-7,9,12,26H,2-3H2,(H2,24,27). The third-order valence-electron chi connectivity index (χ3n) is 4.74. The molecule has 1 aromatic heterocycles. The lowest BCUT2D eigenvalue weighted by atomic mass is 9.96. The molecule has 7 nitrogen and oxygen atoms in total. The molecule has 0 saturated heterocycles. The van der Waals surface area contributed by atoms with Crippen LogP contribution in [0.15, 0.2) is 41.4 Å². The summed E-state index contributed by atoms with van der Waals surface area (Å²) in [5, 5.41) is 8.61. The molecule has 10 heteroatoms. The smallest absolute Gasteiger partial charge is 0.249 e. The highest BCUT2D eigenvalue weighted by Gasteiger charge is 2.30. The van der Waals surface area contributed by atoms with Crippen LogP contribution >= 0.6 is 11.6 Å². The van der Waals surface area contributed by atoms with Crippen LogP contribution in [0.2, 0.25) is 5.02 Å². The number of aromatic nitrogens is 1. The van der Waals surface area contributed by atoms with Crippen molar-refractivity contribution in [2.75, 3.05) is 0 Å². The first-order chi connectivity index (χ1) is 14.2. The molecule has 0 unspecified atom stereocenters. The SMILES string of the molecule is N#Cc1ccc(-c2cc(F)c3c(Cl)c(S(=O)(=O)NC4CC4)cnc3c2)c(C(N)=O)c1. The maximum atomic E-state index is 15.0. The number of fused-ring (bicyclic) bond motifs is 1. The monoisotopic (exact) mass is 444 g/mol. The lowest BCUT2D eigenvalue weighted by Crippen LogP contribution is -2.26. The number of hydrogen-bond donors (Lipinski definition) is 2. The molecule has 1 amide bonds. The fourth-order valence-electron chi connectivity index (χ4n) is 3.12. The number of nitriles is 1. The molecule has 0 radical (unpaired) electrons. The van der Waals surface area contributed by atoms with Crippen LogP contribution in [0.25, 0.3) is 22.0 Å². The van der Waals surface area contributed by atoms with E-state index in [9.17, 15) is 13.2 Å². The van der Waals surface area contributed by atoms with Gasteiger partial charge < -0.3 is 5.73 Å². The van der Waals surface area contributed by atoms with Crippen molar-refractivity contribution in [3.8, 4) is 17.2 Å². The second-order valence-electron chi connectivity index (χ2n) is 6.92. The van der Waals surface area contributed by atoms with Crippen LogP contribution in [0.3, 0.4) is 0 Å². The number of amides is 1. The normalized spacial score (nSPS) is 13.9. The average Bonchev–Trinajstić information content (AvgIpc) is 3.50. The number of nitrogens with two attached hydrogens (primary N) is 1. The van der Waals surface area contributed by atoms with Crippen molar-refractivity contribution < 1.29 is 17.6 Å². The highest BCUT2D eigenvalue weighted by atomic mass is 35.5. The Balaban J connectivity index is 1.88. The fraction of sp³-hybridized carbons (Fsp3) is 0.150. The molecule has 1 saturated carbocycles. The zero-order chi connectivity index (χ0) is 21.6. The summed E-state index contributed by atoms with van der Waals surface area (Å²) >= 11 is 6.25. The summed E-state index contributed by atoms with van der Waals surface area (Å²) < 4.78 is 42.5. The minimum atomic E-state index is -3.93. The van der Waals surface area contributed by atoms with Gasteiger partial charge in [0.25, 0.3) is 0 Å². The van der Waals surface area contributed by atoms with E-state index < -0.39 is 21.7 Å². The molecule has 0 spiro atoms. The molecular formula is C20H14ClFN4O3S. The van der Waals surface area contributed by atoms with Crippen molar-refractivity contribution >= 4 is 38.4 Å². The molecule has 0 aliphatic heterocycles. The number of halogens is 2. The number of primary amides is 1. The molecule has 0 bridgehead atoms. The summed E-state index contributed by atoms with van der Waals surface area (Å²) in [4.78, 5) is 15.6. The molecule has 1 heterocycles. The Bertz CT molecular complexity index is 1360. The highest BCUT2D eigenvalue weighted by molar-refractivity contribution is 7.89. The average molecular weight is 445 g/mol. The maximum absolute atomic E-state index is 15.0. The molecule has 152 valence electrons. The van der Waals surface area contributed by atoms with E-state index in [0.29, 0.717) is 5.56 Å². The number of pyridine rings is 1. The molecule has 4 rings (SSSR count). The summed E-state index contributed by atoms with van der Waals surface area (Å²) in [6, 6.07) is 8.65. The van der Waals surface area contributed by atoms with Crippen LogP contribution < -0.4 is 10.5 Å². The van der Waals surface area contributed by atoms with Gasteiger partial charge in [-0.25, -0.2) is 17.5 Å². The van der Waals surface area contributed by atoms with E-state index in [4.69, 9.17) is 22.6 Å². The fourth-order valence-corrected chi connectivity index (χ4v) is 4.99. The molecule has 2 aromatic carbocycles. The maximum Gasteiger partial charge on any atom is 0.249 e. The predicted molar refractivity (Wildman–Crippen MR) is 109 cm³/mol. The number of carbonyl (C=O) groups excluding carboxylic acids is 1. The van der Waals surface area contributed by atoms with E-state index in [0.717, 1.165) is 25.1 Å². The third-order valence-corrected chi connectivity index (χ3v) is 6.78. The number of rotatable bonds is 5. The van der Waals surface area contributed by atoms with E-state index in [1.807, 2.05) is 6.07 Å². The van der Waals surface area contributed by atoms with Gasteiger partial charge >= 0.3 is 0 Å². The Kier molecular flexibility index (Phi) is 4.94. The Morgan fingerprint density at radius 1 is 1.30 bits per heavy atom. The van der Waals surface area contributed by atoms with Gasteiger partial charge in [0, 0.05) is 17.8 Å². The first-order valence-electron chi connectivity index (χ1n) is 8.85. The van der Waals surface area contributed by atoms with E-state index in [2.05, 4.69) is 9.71 Å². The van der Waals surface area contributed by atoms with Crippen LogP contribution in [0.1, 0.15) is 28.8 Å². The third kappa shape index (κ3) is 3.61. The van der Waals surface area contributed by atoms with Crippen molar-refractivity contribution in [1.82, 2.24) is 9.71 Å². The van der Waals surface area contributed by atoms with Crippen molar-refractivity contribution in [2.45, 2.75) is 23.8 Å². The Morgan fingerprint density at radius 3 is 2.67 bits per heavy atom. The summed E-state index contributed by atoms with van der Waals surface area (Å²) in [5.41, 5.74) is 6.40. The first kappa shape index (κ1) is 20.2. The lowest BCUT2D eigenvalue weighted by molar-refractivity contribution is 0.100. The van der Waals surface area contributed by atoms with Gasteiger partial charge in [0.15, 0.2) is 0 Å². The van der Waals surface area contributed by atoms with E-state index >= 15 is 4.39 Å². The van der Waals surface area contributed by atoms with Crippen molar-refractivity contribution in [3.05, 3.63) is 58.5 Å². The molecule has 3 aromatic rings. The topological polar surface area (TPSA) is 126 Å². The number of hydrogen-bond acceptors (Lipinski definition) is 5. The molecule has 1 fully saturated rings. The number of sulfonamides is 1. The summed E-state index contributed by atoms with van der Waals surface area (Å²) in [7, 11) is -3.93. The Labute approximate surface area is 176 Å². The van der Waals surface area contributed by atoms with E-state index in [1.165, 1.54) is 24.3 Å². The van der Waals surface area contributed by atoms with Crippen LogP contribution in [0.4, 0.5) is 4.39 Å². The largest absolute Gasteiger partial charge is 0.366 e. The Hall–Kier alpha value is -3.06.